The largest absolute Gasteiger partial charge is 0.508 e. The monoisotopic (exact) mass is 371 g/mol. The number of methoxy groups -OCH3 is 1. The summed E-state index contributed by atoms with van der Waals surface area (Å²) in [6, 6.07) is 13.3. The summed E-state index contributed by atoms with van der Waals surface area (Å²) in [4.78, 5) is 4.22. The van der Waals surface area contributed by atoms with Gasteiger partial charge in [0.2, 0.25) is 0 Å². The lowest BCUT2D eigenvalue weighted by Crippen LogP contribution is -2.42. The number of benzene rings is 2. The molecule has 3 N–H and O–H groups in total. The molecule has 0 heterocycles. The second kappa shape index (κ2) is 10.3. The van der Waals surface area contributed by atoms with Crippen LogP contribution in [0.25, 0.3) is 0 Å². The second-order valence-corrected chi connectivity index (χ2v) is 6.32. The summed E-state index contributed by atoms with van der Waals surface area (Å²) in [7, 11) is 3.31. The molecule has 6 heteroatoms. The molecule has 0 aliphatic rings. The summed E-state index contributed by atoms with van der Waals surface area (Å²) >= 11 is 0. The van der Waals surface area contributed by atoms with Gasteiger partial charge in [-0.3, -0.25) is 4.99 Å². The number of aryl methyl sites for hydroxylation is 1. The number of para-hydroxylation sites is 1. The van der Waals surface area contributed by atoms with Crippen molar-refractivity contribution in [2.24, 2.45) is 4.99 Å². The fourth-order valence-corrected chi connectivity index (χ4v) is 2.61. The molecule has 146 valence electrons. The summed E-state index contributed by atoms with van der Waals surface area (Å²) < 4.78 is 11.1. The predicted octanol–water partition coefficient (Wildman–Crippen LogP) is 2.88. The quantitative estimate of drug-likeness (QED) is 0.491. The minimum Gasteiger partial charge on any atom is -0.508 e. The average molecular weight is 371 g/mol. The van der Waals surface area contributed by atoms with Gasteiger partial charge in [-0.1, -0.05) is 24.3 Å². The molecule has 0 saturated heterocycles. The molecule has 0 aliphatic heterocycles. The first-order chi connectivity index (χ1) is 13.0. The van der Waals surface area contributed by atoms with E-state index in [4.69, 9.17) is 9.47 Å². The van der Waals surface area contributed by atoms with Crippen molar-refractivity contribution in [3.05, 3.63) is 53.6 Å². The first-order valence-corrected chi connectivity index (χ1v) is 9.06. The van der Waals surface area contributed by atoms with Crippen molar-refractivity contribution >= 4 is 5.96 Å². The van der Waals surface area contributed by atoms with Crippen LogP contribution < -0.4 is 20.1 Å². The molecule has 0 amide bonds. The van der Waals surface area contributed by atoms with Crippen LogP contribution in [0.2, 0.25) is 0 Å². The predicted molar refractivity (Wildman–Crippen MR) is 109 cm³/mol. The van der Waals surface area contributed by atoms with Gasteiger partial charge in [-0.2, -0.15) is 0 Å². The summed E-state index contributed by atoms with van der Waals surface area (Å²) in [6.07, 6.45) is 0.668. The Morgan fingerprint density at radius 1 is 1.19 bits per heavy atom. The lowest BCUT2D eigenvalue weighted by atomic mass is 10.1. The van der Waals surface area contributed by atoms with Gasteiger partial charge in [0.25, 0.3) is 0 Å². The van der Waals surface area contributed by atoms with Gasteiger partial charge in [-0.05, 0) is 43.5 Å². The standard InChI is InChI=1S/C21H29N3O3/c1-15-7-5-6-8-20(15)27-16(2)14-24-21(22-3)23-12-11-17-9-10-18(26-4)13-19(17)25/h5-10,13,16,25H,11-12,14H2,1-4H3,(H2,22,23,24). The molecule has 2 aromatic rings. The van der Waals surface area contributed by atoms with Gasteiger partial charge >= 0.3 is 0 Å². The third kappa shape index (κ3) is 6.40. The van der Waals surface area contributed by atoms with E-state index in [1.807, 2.05) is 50.2 Å². The van der Waals surface area contributed by atoms with Crippen molar-refractivity contribution in [1.29, 1.82) is 0 Å². The first kappa shape index (κ1) is 20.4. The maximum absolute atomic E-state index is 10.0. The van der Waals surface area contributed by atoms with Gasteiger partial charge in [0.1, 0.15) is 23.4 Å². The van der Waals surface area contributed by atoms with Crippen LogP contribution in [0, 0.1) is 6.92 Å². The Kier molecular flexibility index (Phi) is 7.79. The number of hydrogen-bond acceptors (Lipinski definition) is 4. The van der Waals surface area contributed by atoms with Crippen LogP contribution in [0.4, 0.5) is 0 Å². The summed E-state index contributed by atoms with van der Waals surface area (Å²) in [5, 5.41) is 16.5. The zero-order valence-corrected chi connectivity index (χ0v) is 16.5. The third-order valence-electron chi connectivity index (χ3n) is 4.18. The first-order valence-electron chi connectivity index (χ1n) is 9.06. The number of aliphatic imine (C=N–C) groups is 1. The second-order valence-electron chi connectivity index (χ2n) is 6.32. The van der Waals surface area contributed by atoms with Crippen LogP contribution in [-0.4, -0.2) is 44.4 Å². The van der Waals surface area contributed by atoms with Crippen LogP contribution in [0.15, 0.2) is 47.5 Å². The molecule has 0 spiro atoms. The van der Waals surface area contributed by atoms with Gasteiger partial charge in [-0.25, -0.2) is 0 Å². The van der Waals surface area contributed by atoms with E-state index in [0.29, 0.717) is 31.2 Å². The van der Waals surface area contributed by atoms with E-state index in [-0.39, 0.29) is 11.9 Å². The number of nitrogens with one attached hydrogen (secondary N) is 2. The Labute approximate surface area is 161 Å². The summed E-state index contributed by atoms with van der Waals surface area (Å²) in [5.74, 6) is 2.47. The van der Waals surface area contributed by atoms with Gasteiger partial charge in [0, 0.05) is 19.7 Å². The maximum Gasteiger partial charge on any atom is 0.191 e. The topological polar surface area (TPSA) is 75.1 Å². The maximum atomic E-state index is 10.0. The molecule has 0 bridgehead atoms. The van der Waals surface area contributed by atoms with Gasteiger partial charge in [-0.15, -0.1) is 0 Å². The van der Waals surface area contributed by atoms with Crippen molar-refractivity contribution in [2.75, 3.05) is 27.2 Å². The van der Waals surface area contributed by atoms with E-state index in [9.17, 15) is 5.11 Å². The van der Waals surface area contributed by atoms with Crippen molar-refractivity contribution in [2.45, 2.75) is 26.4 Å². The number of rotatable bonds is 8. The molecule has 0 aliphatic carbocycles. The molecule has 27 heavy (non-hydrogen) atoms. The van der Waals surface area contributed by atoms with Gasteiger partial charge in [0.05, 0.1) is 13.7 Å². The number of guanidine groups is 1. The Bertz CT molecular complexity index is 762. The molecule has 2 aromatic carbocycles. The SMILES string of the molecule is CN=C(NCCc1ccc(OC)cc1O)NCC(C)Oc1ccccc1C. The molecular formula is C21H29N3O3. The van der Waals surface area contributed by atoms with Crippen LogP contribution >= 0.6 is 0 Å². The molecule has 1 atom stereocenters. The van der Waals surface area contributed by atoms with E-state index in [2.05, 4.69) is 15.6 Å². The van der Waals surface area contributed by atoms with Crippen LogP contribution in [-0.2, 0) is 6.42 Å². The van der Waals surface area contributed by atoms with Gasteiger partial charge in [0.15, 0.2) is 5.96 Å². The highest BCUT2D eigenvalue weighted by Gasteiger charge is 2.08. The molecule has 1 unspecified atom stereocenters. The average Bonchev–Trinajstić information content (AvgIpc) is 2.67. The van der Waals surface area contributed by atoms with Crippen molar-refractivity contribution in [3.8, 4) is 17.2 Å². The molecule has 2 rings (SSSR count). The van der Waals surface area contributed by atoms with Crippen LogP contribution in [0.1, 0.15) is 18.1 Å². The molecule has 0 saturated carbocycles. The Morgan fingerprint density at radius 3 is 2.63 bits per heavy atom. The molecule has 0 aromatic heterocycles. The third-order valence-corrected chi connectivity index (χ3v) is 4.18. The van der Waals surface area contributed by atoms with E-state index in [0.717, 1.165) is 16.9 Å². The molecular weight excluding hydrogens is 342 g/mol. The lowest BCUT2D eigenvalue weighted by Gasteiger charge is -2.19. The Morgan fingerprint density at radius 2 is 1.96 bits per heavy atom. The zero-order chi connectivity index (χ0) is 19.6. The summed E-state index contributed by atoms with van der Waals surface area (Å²) in [5.41, 5.74) is 1.97. The van der Waals surface area contributed by atoms with Crippen molar-refractivity contribution in [3.63, 3.8) is 0 Å². The van der Waals surface area contributed by atoms with E-state index in [1.54, 1.807) is 20.2 Å². The number of hydrogen-bond donors (Lipinski definition) is 3. The smallest absolute Gasteiger partial charge is 0.191 e. The minimum absolute atomic E-state index is 0.00437. The fraction of sp³-hybridized carbons (Fsp3) is 0.381. The van der Waals surface area contributed by atoms with Gasteiger partial charge < -0.3 is 25.2 Å². The number of phenols is 1. The molecule has 6 nitrogen and oxygen atoms in total. The molecule has 0 radical (unpaired) electrons. The van der Waals surface area contributed by atoms with E-state index in [1.165, 1.54) is 0 Å². The summed E-state index contributed by atoms with van der Waals surface area (Å²) in [6.45, 7) is 5.32. The highest BCUT2D eigenvalue weighted by molar-refractivity contribution is 5.79. The Balaban J connectivity index is 1.76. The van der Waals surface area contributed by atoms with Crippen LogP contribution in [0.3, 0.4) is 0 Å². The van der Waals surface area contributed by atoms with Crippen molar-refractivity contribution < 1.29 is 14.6 Å². The van der Waals surface area contributed by atoms with Crippen molar-refractivity contribution in [1.82, 2.24) is 10.6 Å². The number of phenolic OH excluding ortho intramolecular Hbond substituents is 1. The molecule has 0 fully saturated rings. The Hall–Kier alpha value is -2.89. The van der Waals surface area contributed by atoms with E-state index < -0.39 is 0 Å². The van der Waals surface area contributed by atoms with E-state index >= 15 is 0 Å². The number of aromatic hydroxyl groups is 1. The highest BCUT2D eigenvalue weighted by atomic mass is 16.5. The number of nitrogens with zero attached hydrogens (tertiary/aromatic N) is 1. The normalized spacial score (nSPS) is 12.4. The fourth-order valence-electron chi connectivity index (χ4n) is 2.61. The number of ether oxygens (including phenoxy) is 2. The lowest BCUT2D eigenvalue weighted by molar-refractivity contribution is 0.222. The zero-order valence-electron chi connectivity index (χ0n) is 16.5. The van der Waals surface area contributed by atoms with Crippen LogP contribution in [0.5, 0.6) is 17.2 Å². The highest BCUT2D eigenvalue weighted by Crippen LogP contribution is 2.23. The minimum atomic E-state index is -0.00437.